The topological polar surface area (TPSA) is 48.9 Å². The molecule has 0 aliphatic rings. The third-order valence-corrected chi connectivity index (χ3v) is 2.01. The third kappa shape index (κ3) is 1.52. The maximum atomic E-state index is 13.2. The average molecular weight is 192 g/mol. The van der Waals surface area contributed by atoms with Crippen molar-refractivity contribution in [1.82, 2.24) is 9.97 Å². The van der Waals surface area contributed by atoms with Crippen LogP contribution < -0.4 is 0 Å². The van der Waals surface area contributed by atoms with Crippen LogP contribution in [0.3, 0.4) is 0 Å². The van der Waals surface area contributed by atoms with Crippen LogP contribution in [-0.4, -0.2) is 15.1 Å². The number of rotatable bonds is 2. The summed E-state index contributed by atoms with van der Waals surface area (Å²) in [7, 11) is 0. The maximum Gasteiger partial charge on any atom is 0.147 e. The van der Waals surface area contributed by atoms with Crippen molar-refractivity contribution in [1.29, 1.82) is 0 Å². The highest BCUT2D eigenvalue weighted by atomic mass is 19.1. The Balaban J connectivity index is 2.37. The van der Waals surface area contributed by atoms with E-state index in [0.717, 1.165) is 6.20 Å². The Bertz CT molecular complexity index is 414. The summed E-state index contributed by atoms with van der Waals surface area (Å²) in [4.78, 5) is 6.44. The molecule has 2 aromatic rings. The van der Waals surface area contributed by atoms with E-state index in [0.29, 0.717) is 5.69 Å². The highest BCUT2D eigenvalue weighted by molar-refractivity contribution is 5.24. The summed E-state index contributed by atoms with van der Waals surface area (Å²) in [5.41, 5.74) is 0.789. The summed E-state index contributed by atoms with van der Waals surface area (Å²) in [5.74, 6) is -0.505. The lowest BCUT2D eigenvalue weighted by Crippen LogP contribution is -2.02. The number of nitrogens with one attached hydrogen (secondary N) is 1. The van der Waals surface area contributed by atoms with Crippen LogP contribution in [0, 0.1) is 5.82 Å². The quantitative estimate of drug-likeness (QED) is 0.759. The SMILES string of the molecule is OC(c1ccc[nH]1)c1ccncc1F. The molecule has 0 spiro atoms. The van der Waals surface area contributed by atoms with Gasteiger partial charge in [-0.2, -0.15) is 0 Å². The molecule has 72 valence electrons. The number of hydrogen-bond donors (Lipinski definition) is 2. The molecule has 0 saturated heterocycles. The Hall–Kier alpha value is -1.68. The van der Waals surface area contributed by atoms with E-state index in [1.807, 2.05) is 0 Å². The van der Waals surface area contributed by atoms with Gasteiger partial charge in [0.1, 0.15) is 11.9 Å². The number of H-pyrrole nitrogens is 1. The molecular formula is C10H9FN2O. The first-order valence-corrected chi connectivity index (χ1v) is 4.20. The Labute approximate surface area is 80.2 Å². The summed E-state index contributed by atoms with van der Waals surface area (Å²) in [5, 5.41) is 9.76. The van der Waals surface area contributed by atoms with Crippen LogP contribution in [0.5, 0.6) is 0 Å². The molecule has 0 aromatic carbocycles. The van der Waals surface area contributed by atoms with E-state index in [-0.39, 0.29) is 5.56 Å². The van der Waals surface area contributed by atoms with Crippen molar-refractivity contribution in [2.75, 3.05) is 0 Å². The summed E-state index contributed by atoms with van der Waals surface area (Å²) in [6.07, 6.45) is 3.25. The number of aliphatic hydroxyl groups excluding tert-OH is 1. The predicted octanol–water partition coefficient (Wildman–Crippen LogP) is 1.63. The van der Waals surface area contributed by atoms with Crippen LogP contribution in [-0.2, 0) is 0 Å². The van der Waals surface area contributed by atoms with Crippen LogP contribution >= 0.6 is 0 Å². The molecule has 1 unspecified atom stereocenters. The minimum absolute atomic E-state index is 0.224. The zero-order chi connectivity index (χ0) is 9.97. The molecule has 2 rings (SSSR count). The number of aliphatic hydroxyl groups is 1. The lowest BCUT2D eigenvalue weighted by molar-refractivity contribution is 0.210. The number of halogens is 1. The second-order valence-corrected chi connectivity index (χ2v) is 2.93. The van der Waals surface area contributed by atoms with E-state index < -0.39 is 11.9 Å². The van der Waals surface area contributed by atoms with Crippen LogP contribution in [0.15, 0.2) is 36.8 Å². The Morgan fingerprint density at radius 1 is 1.43 bits per heavy atom. The normalized spacial score (nSPS) is 12.7. The van der Waals surface area contributed by atoms with Gasteiger partial charge in [0.15, 0.2) is 0 Å². The van der Waals surface area contributed by atoms with E-state index in [1.54, 1.807) is 18.3 Å². The van der Waals surface area contributed by atoms with Gasteiger partial charge in [-0.15, -0.1) is 0 Å². The standard InChI is InChI=1S/C10H9FN2O/c11-8-6-12-5-3-7(8)10(14)9-2-1-4-13-9/h1-6,10,13-14H. The fourth-order valence-electron chi connectivity index (χ4n) is 1.29. The number of hydrogen-bond acceptors (Lipinski definition) is 2. The molecule has 0 aliphatic carbocycles. The largest absolute Gasteiger partial charge is 0.382 e. The van der Waals surface area contributed by atoms with Crippen LogP contribution in [0.1, 0.15) is 17.4 Å². The van der Waals surface area contributed by atoms with Crippen LogP contribution in [0.25, 0.3) is 0 Å². The van der Waals surface area contributed by atoms with E-state index in [4.69, 9.17) is 0 Å². The molecule has 4 heteroatoms. The van der Waals surface area contributed by atoms with E-state index in [2.05, 4.69) is 9.97 Å². The van der Waals surface area contributed by atoms with Gasteiger partial charge in [-0.05, 0) is 18.2 Å². The van der Waals surface area contributed by atoms with Crippen molar-refractivity contribution in [2.24, 2.45) is 0 Å². The second kappa shape index (κ2) is 3.59. The van der Waals surface area contributed by atoms with Gasteiger partial charge in [-0.3, -0.25) is 4.98 Å². The second-order valence-electron chi connectivity index (χ2n) is 2.93. The molecule has 0 aliphatic heterocycles. The van der Waals surface area contributed by atoms with Crippen molar-refractivity contribution in [3.63, 3.8) is 0 Å². The highest BCUT2D eigenvalue weighted by Gasteiger charge is 2.14. The molecule has 0 amide bonds. The minimum Gasteiger partial charge on any atom is -0.382 e. The van der Waals surface area contributed by atoms with Gasteiger partial charge in [0.05, 0.1) is 6.20 Å². The van der Waals surface area contributed by atoms with E-state index in [9.17, 15) is 9.50 Å². The molecule has 0 saturated carbocycles. The van der Waals surface area contributed by atoms with Gasteiger partial charge >= 0.3 is 0 Å². The van der Waals surface area contributed by atoms with Crippen LogP contribution in [0.2, 0.25) is 0 Å². The Kier molecular flexibility index (Phi) is 2.28. The summed E-state index contributed by atoms with van der Waals surface area (Å²) in [6, 6.07) is 4.91. The Morgan fingerprint density at radius 3 is 2.93 bits per heavy atom. The number of aromatic amines is 1. The van der Waals surface area contributed by atoms with Gasteiger partial charge in [0.25, 0.3) is 0 Å². The average Bonchev–Trinajstić information content (AvgIpc) is 2.70. The van der Waals surface area contributed by atoms with Crippen molar-refractivity contribution < 1.29 is 9.50 Å². The molecule has 14 heavy (non-hydrogen) atoms. The smallest absolute Gasteiger partial charge is 0.147 e. The molecule has 1 atom stereocenters. The molecule has 3 nitrogen and oxygen atoms in total. The zero-order valence-corrected chi connectivity index (χ0v) is 7.31. The summed E-state index contributed by atoms with van der Waals surface area (Å²) in [6.45, 7) is 0. The summed E-state index contributed by atoms with van der Waals surface area (Å²) < 4.78 is 13.2. The van der Waals surface area contributed by atoms with Crippen molar-refractivity contribution in [3.8, 4) is 0 Å². The molecule has 2 heterocycles. The number of pyridine rings is 1. The van der Waals surface area contributed by atoms with E-state index in [1.165, 1.54) is 12.3 Å². The van der Waals surface area contributed by atoms with Gasteiger partial charge in [-0.25, -0.2) is 4.39 Å². The van der Waals surface area contributed by atoms with Gasteiger partial charge in [0.2, 0.25) is 0 Å². The van der Waals surface area contributed by atoms with Gasteiger partial charge in [-0.1, -0.05) is 0 Å². The first-order chi connectivity index (χ1) is 6.79. The molecular weight excluding hydrogens is 183 g/mol. The minimum atomic E-state index is -0.965. The predicted molar refractivity (Wildman–Crippen MR) is 49.0 cm³/mol. The fourth-order valence-corrected chi connectivity index (χ4v) is 1.29. The first kappa shape index (κ1) is 8.90. The molecule has 2 N–H and O–H groups in total. The van der Waals surface area contributed by atoms with Gasteiger partial charge < -0.3 is 10.1 Å². The lowest BCUT2D eigenvalue weighted by Gasteiger charge is -2.09. The van der Waals surface area contributed by atoms with Crippen molar-refractivity contribution in [2.45, 2.75) is 6.10 Å². The number of nitrogens with zero attached hydrogens (tertiary/aromatic N) is 1. The highest BCUT2D eigenvalue weighted by Crippen LogP contribution is 2.21. The lowest BCUT2D eigenvalue weighted by atomic mass is 10.1. The maximum absolute atomic E-state index is 13.2. The molecule has 0 fully saturated rings. The summed E-state index contributed by atoms with van der Waals surface area (Å²) >= 11 is 0. The third-order valence-electron chi connectivity index (χ3n) is 2.01. The fraction of sp³-hybridized carbons (Fsp3) is 0.100. The van der Waals surface area contributed by atoms with Gasteiger partial charge in [0, 0.05) is 23.7 Å². The Morgan fingerprint density at radius 2 is 2.29 bits per heavy atom. The molecule has 2 aromatic heterocycles. The van der Waals surface area contributed by atoms with Crippen molar-refractivity contribution in [3.05, 3.63) is 53.9 Å². The number of aromatic nitrogens is 2. The van der Waals surface area contributed by atoms with E-state index >= 15 is 0 Å². The van der Waals surface area contributed by atoms with Crippen LogP contribution in [0.4, 0.5) is 4.39 Å². The molecule has 0 bridgehead atoms. The van der Waals surface area contributed by atoms with Crippen molar-refractivity contribution >= 4 is 0 Å². The molecule has 0 radical (unpaired) electrons. The monoisotopic (exact) mass is 192 g/mol. The zero-order valence-electron chi connectivity index (χ0n) is 7.31. The first-order valence-electron chi connectivity index (χ1n) is 4.20.